The van der Waals surface area contributed by atoms with E-state index in [0.29, 0.717) is 0 Å². The van der Waals surface area contributed by atoms with Crippen molar-refractivity contribution in [3.63, 3.8) is 0 Å². The first-order valence-corrected chi connectivity index (χ1v) is 8.08. The maximum Gasteiger partial charge on any atom is 0.213 e. The Morgan fingerprint density at radius 3 is 2.45 bits per heavy atom. The third-order valence-corrected chi connectivity index (χ3v) is 5.32. The van der Waals surface area contributed by atoms with Gasteiger partial charge in [0.15, 0.2) is 12.7 Å². The van der Waals surface area contributed by atoms with E-state index in [9.17, 15) is 0 Å². The van der Waals surface area contributed by atoms with E-state index in [1.54, 1.807) is 0 Å². The van der Waals surface area contributed by atoms with Gasteiger partial charge in [0.1, 0.15) is 0 Å². The molecule has 0 N–H and O–H groups in total. The summed E-state index contributed by atoms with van der Waals surface area (Å²) in [5, 5.41) is 2.73. The molecule has 0 fully saturated rings. The van der Waals surface area contributed by atoms with Crippen LogP contribution in [0.1, 0.15) is 27.8 Å². The Labute approximate surface area is 132 Å². The van der Waals surface area contributed by atoms with Crippen LogP contribution < -0.4 is 4.57 Å². The Hall–Kier alpha value is -2.15. The average molecular weight is 288 g/mol. The zero-order chi connectivity index (χ0) is 15.4. The smallest absolute Gasteiger partial charge is 0.197 e. The van der Waals surface area contributed by atoms with Crippen LogP contribution >= 0.6 is 0 Å². The first-order valence-electron chi connectivity index (χ1n) is 8.08. The number of pyridine rings is 1. The Kier molecular flexibility index (Phi) is 2.87. The molecule has 4 rings (SSSR count). The number of rotatable bonds is 0. The molecule has 1 heteroatoms. The zero-order valence-electron chi connectivity index (χ0n) is 13.8. The fourth-order valence-corrected chi connectivity index (χ4v) is 3.59. The van der Waals surface area contributed by atoms with Gasteiger partial charge in [0.2, 0.25) is 5.69 Å². The number of nitrogens with zero attached hydrogens (tertiary/aromatic N) is 1. The minimum Gasteiger partial charge on any atom is -0.197 e. The molecule has 1 aromatic heterocycles. The van der Waals surface area contributed by atoms with E-state index >= 15 is 0 Å². The Morgan fingerprint density at radius 2 is 1.64 bits per heavy atom. The number of aromatic nitrogens is 1. The predicted molar refractivity (Wildman–Crippen MR) is 92.2 cm³/mol. The van der Waals surface area contributed by atoms with Crippen molar-refractivity contribution in [2.75, 3.05) is 0 Å². The Bertz CT molecular complexity index is 919. The van der Waals surface area contributed by atoms with Crippen LogP contribution in [0.3, 0.4) is 0 Å². The van der Waals surface area contributed by atoms with Crippen LogP contribution in [0.4, 0.5) is 0 Å². The van der Waals surface area contributed by atoms with Crippen LogP contribution in [-0.2, 0) is 13.0 Å². The molecule has 22 heavy (non-hydrogen) atoms. The van der Waals surface area contributed by atoms with E-state index in [0.717, 1.165) is 13.0 Å². The lowest BCUT2D eigenvalue weighted by Crippen LogP contribution is -2.40. The van der Waals surface area contributed by atoms with Gasteiger partial charge >= 0.3 is 0 Å². The van der Waals surface area contributed by atoms with Crippen LogP contribution in [0.15, 0.2) is 36.5 Å². The molecule has 2 aromatic carbocycles. The van der Waals surface area contributed by atoms with E-state index in [4.69, 9.17) is 0 Å². The average Bonchev–Trinajstić information content (AvgIpc) is 2.51. The van der Waals surface area contributed by atoms with Gasteiger partial charge in [-0.25, -0.2) is 0 Å². The standard InChI is InChI=1S/C21H22N/c1-13-5-6-17-11-21-19-10-15(3)14(2)9-18(19)7-8-22(21)12-20(17)16(13)4/h5-6,9-12H,7-8H2,1-4H3/q+1. The van der Waals surface area contributed by atoms with Gasteiger partial charge in [-0.1, -0.05) is 18.2 Å². The van der Waals surface area contributed by atoms with Crippen molar-refractivity contribution >= 4 is 10.8 Å². The second-order valence-electron chi connectivity index (χ2n) is 6.71. The molecule has 0 radical (unpaired) electrons. The molecule has 0 unspecified atom stereocenters. The predicted octanol–water partition coefficient (Wildman–Crippen LogP) is 4.58. The van der Waals surface area contributed by atoms with Gasteiger partial charge in [0.25, 0.3) is 0 Å². The first-order chi connectivity index (χ1) is 10.5. The van der Waals surface area contributed by atoms with Crippen molar-refractivity contribution in [2.24, 2.45) is 0 Å². The van der Waals surface area contributed by atoms with E-state index < -0.39 is 0 Å². The summed E-state index contributed by atoms with van der Waals surface area (Å²) in [5.74, 6) is 0. The summed E-state index contributed by atoms with van der Waals surface area (Å²) in [4.78, 5) is 0. The number of fused-ring (bicyclic) bond motifs is 4. The number of aryl methyl sites for hydroxylation is 6. The van der Waals surface area contributed by atoms with Gasteiger partial charge in [-0.05, 0) is 67.0 Å². The normalized spacial score (nSPS) is 13.1. The van der Waals surface area contributed by atoms with Crippen molar-refractivity contribution in [3.8, 4) is 11.3 Å². The molecule has 0 amide bonds. The lowest BCUT2D eigenvalue weighted by atomic mass is 9.91. The van der Waals surface area contributed by atoms with Gasteiger partial charge in [0, 0.05) is 23.4 Å². The summed E-state index contributed by atoms with van der Waals surface area (Å²) in [6.07, 6.45) is 3.48. The maximum atomic E-state index is 2.44. The lowest BCUT2D eigenvalue weighted by molar-refractivity contribution is -0.686. The van der Waals surface area contributed by atoms with Crippen molar-refractivity contribution in [1.29, 1.82) is 0 Å². The highest BCUT2D eigenvalue weighted by atomic mass is 15.0. The molecular formula is C21H22N+. The van der Waals surface area contributed by atoms with Crippen LogP contribution in [0.25, 0.3) is 22.0 Å². The second-order valence-corrected chi connectivity index (χ2v) is 6.71. The maximum absolute atomic E-state index is 2.44. The molecule has 1 aliphatic heterocycles. The minimum atomic E-state index is 1.08. The first kappa shape index (κ1) is 13.5. The molecule has 0 spiro atoms. The Balaban J connectivity index is 2.03. The van der Waals surface area contributed by atoms with Crippen molar-refractivity contribution in [1.82, 2.24) is 0 Å². The quantitative estimate of drug-likeness (QED) is 0.533. The largest absolute Gasteiger partial charge is 0.213 e. The minimum absolute atomic E-state index is 1.08. The van der Waals surface area contributed by atoms with Gasteiger partial charge in [0.05, 0.1) is 0 Å². The molecule has 110 valence electrons. The molecule has 2 heterocycles. The van der Waals surface area contributed by atoms with Crippen LogP contribution in [0.5, 0.6) is 0 Å². The fourth-order valence-electron chi connectivity index (χ4n) is 3.59. The van der Waals surface area contributed by atoms with Crippen molar-refractivity contribution in [3.05, 3.63) is 64.3 Å². The lowest BCUT2D eigenvalue weighted by Gasteiger charge is -2.18. The van der Waals surface area contributed by atoms with E-state index in [1.165, 1.54) is 49.8 Å². The molecule has 0 aliphatic carbocycles. The molecule has 0 saturated carbocycles. The summed E-state index contributed by atoms with van der Waals surface area (Å²) in [6.45, 7) is 9.93. The van der Waals surface area contributed by atoms with E-state index in [2.05, 4.69) is 68.8 Å². The van der Waals surface area contributed by atoms with Gasteiger partial charge < -0.3 is 0 Å². The topological polar surface area (TPSA) is 3.88 Å². The number of benzene rings is 2. The van der Waals surface area contributed by atoms with Crippen LogP contribution in [0.2, 0.25) is 0 Å². The van der Waals surface area contributed by atoms with Gasteiger partial charge in [-0.2, -0.15) is 4.57 Å². The molecule has 0 atom stereocenters. The highest BCUT2D eigenvalue weighted by Crippen LogP contribution is 2.31. The van der Waals surface area contributed by atoms with E-state index in [1.807, 2.05) is 0 Å². The summed E-state index contributed by atoms with van der Waals surface area (Å²) < 4.78 is 2.44. The fraction of sp³-hybridized carbons (Fsp3) is 0.286. The molecule has 1 nitrogen and oxygen atoms in total. The highest BCUT2D eigenvalue weighted by Gasteiger charge is 2.24. The molecule has 0 saturated heterocycles. The number of hydrogen-bond donors (Lipinski definition) is 0. The van der Waals surface area contributed by atoms with Crippen molar-refractivity contribution < 1.29 is 4.57 Å². The summed E-state index contributed by atoms with van der Waals surface area (Å²) >= 11 is 0. The molecule has 0 bridgehead atoms. The monoisotopic (exact) mass is 288 g/mol. The van der Waals surface area contributed by atoms with Gasteiger partial charge in [-0.3, -0.25) is 0 Å². The van der Waals surface area contributed by atoms with Crippen LogP contribution in [-0.4, -0.2) is 0 Å². The number of hydrogen-bond acceptors (Lipinski definition) is 0. The molecular weight excluding hydrogens is 266 g/mol. The highest BCUT2D eigenvalue weighted by molar-refractivity contribution is 5.88. The second kappa shape index (κ2) is 4.67. The summed E-state index contributed by atoms with van der Waals surface area (Å²) in [7, 11) is 0. The summed E-state index contributed by atoms with van der Waals surface area (Å²) in [5.41, 5.74) is 9.82. The molecule has 3 aromatic rings. The third kappa shape index (κ3) is 1.89. The molecule has 1 aliphatic rings. The third-order valence-electron chi connectivity index (χ3n) is 5.32. The van der Waals surface area contributed by atoms with Crippen LogP contribution in [0, 0.1) is 27.7 Å². The Morgan fingerprint density at radius 1 is 0.864 bits per heavy atom. The van der Waals surface area contributed by atoms with Gasteiger partial charge in [-0.15, -0.1) is 0 Å². The summed E-state index contributed by atoms with van der Waals surface area (Å²) in [6, 6.07) is 11.6. The zero-order valence-corrected chi connectivity index (χ0v) is 13.8. The SMILES string of the molecule is Cc1cc2c(cc1C)-c1cc3ccc(C)c(C)c3c[n+]1CC2. The van der Waals surface area contributed by atoms with E-state index in [-0.39, 0.29) is 0 Å². The van der Waals surface area contributed by atoms with Crippen molar-refractivity contribution in [2.45, 2.75) is 40.7 Å².